The molecule has 1 amide bonds. The Morgan fingerprint density at radius 1 is 1.41 bits per heavy atom. The van der Waals surface area contributed by atoms with Gasteiger partial charge in [-0.2, -0.15) is 5.10 Å². The predicted molar refractivity (Wildman–Crippen MR) is 84.7 cm³/mol. The Balaban J connectivity index is 2.00. The first-order valence-electron chi connectivity index (χ1n) is 7.16. The molecule has 0 saturated carbocycles. The molecule has 3 N–H and O–H groups in total. The average Bonchev–Trinajstić information content (AvgIpc) is 3.01. The molecule has 3 rings (SSSR count). The van der Waals surface area contributed by atoms with Gasteiger partial charge in [0.15, 0.2) is 5.16 Å². The molecular formula is C14H18N6OS. The summed E-state index contributed by atoms with van der Waals surface area (Å²) in [4.78, 5) is 20.3. The highest BCUT2D eigenvalue weighted by molar-refractivity contribution is 7.98. The molecule has 7 nitrogen and oxygen atoms in total. The van der Waals surface area contributed by atoms with Gasteiger partial charge in [-0.25, -0.2) is 9.97 Å². The average molecular weight is 318 g/mol. The summed E-state index contributed by atoms with van der Waals surface area (Å²) in [6.07, 6.45) is 5.48. The quantitative estimate of drug-likeness (QED) is 0.646. The van der Waals surface area contributed by atoms with Crippen LogP contribution in [0, 0.1) is 0 Å². The number of thioether (sulfide) groups is 1. The van der Waals surface area contributed by atoms with Crippen LogP contribution in [-0.4, -0.2) is 45.0 Å². The topological polar surface area (TPSA) is 98.7 Å². The highest BCUT2D eigenvalue weighted by Crippen LogP contribution is 2.25. The zero-order chi connectivity index (χ0) is 15.5. The molecule has 2 aromatic rings. The number of hydrogen-bond acceptors (Lipinski definition) is 6. The molecule has 0 bridgehead atoms. The van der Waals surface area contributed by atoms with Gasteiger partial charge in [0, 0.05) is 6.20 Å². The van der Waals surface area contributed by atoms with E-state index in [1.165, 1.54) is 11.8 Å². The standard InChI is InChI=1S/C14H18N6OS/c1-22-14-17-7-4-10(18-14)11-8-12(13(15)21)20(19-11)9-2-5-16-6-3-9/h4,7-9,16H,2-3,5-6H2,1H3,(H2,15,21). The van der Waals surface area contributed by atoms with Crippen molar-refractivity contribution in [2.24, 2.45) is 5.73 Å². The van der Waals surface area contributed by atoms with Gasteiger partial charge in [-0.15, -0.1) is 0 Å². The van der Waals surface area contributed by atoms with Crippen LogP contribution in [0.3, 0.4) is 0 Å². The van der Waals surface area contributed by atoms with Crippen LogP contribution in [0.15, 0.2) is 23.5 Å². The fraction of sp³-hybridized carbons (Fsp3) is 0.429. The van der Waals surface area contributed by atoms with E-state index in [0.717, 1.165) is 25.9 Å². The maximum absolute atomic E-state index is 11.7. The summed E-state index contributed by atoms with van der Waals surface area (Å²) < 4.78 is 1.76. The van der Waals surface area contributed by atoms with E-state index in [4.69, 9.17) is 5.73 Å². The molecule has 0 unspecified atom stereocenters. The van der Waals surface area contributed by atoms with Crippen molar-refractivity contribution in [1.82, 2.24) is 25.1 Å². The first-order chi connectivity index (χ1) is 10.7. The second-order valence-electron chi connectivity index (χ2n) is 5.13. The lowest BCUT2D eigenvalue weighted by atomic mass is 10.1. The van der Waals surface area contributed by atoms with Crippen LogP contribution in [0.4, 0.5) is 0 Å². The summed E-state index contributed by atoms with van der Waals surface area (Å²) >= 11 is 1.47. The number of rotatable bonds is 4. The van der Waals surface area contributed by atoms with Crippen molar-refractivity contribution in [2.45, 2.75) is 24.0 Å². The molecule has 3 heterocycles. The Bertz CT molecular complexity index is 680. The minimum atomic E-state index is -0.462. The molecule has 22 heavy (non-hydrogen) atoms. The highest BCUT2D eigenvalue weighted by atomic mass is 32.2. The molecule has 0 aliphatic carbocycles. The van der Waals surface area contributed by atoms with Crippen LogP contribution in [0.5, 0.6) is 0 Å². The zero-order valence-electron chi connectivity index (χ0n) is 12.3. The van der Waals surface area contributed by atoms with E-state index >= 15 is 0 Å². The normalized spacial score (nSPS) is 15.9. The third kappa shape index (κ3) is 2.97. The first kappa shape index (κ1) is 15.0. The van der Waals surface area contributed by atoms with Gasteiger partial charge in [0.05, 0.1) is 11.7 Å². The smallest absolute Gasteiger partial charge is 0.267 e. The molecule has 1 saturated heterocycles. The lowest BCUT2D eigenvalue weighted by Gasteiger charge is -2.24. The van der Waals surface area contributed by atoms with E-state index < -0.39 is 5.91 Å². The Kier molecular flexibility index (Phi) is 4.39. The second-order valence-corrected chi connectivity index (χ2v) is 5.91. The zero-order valence-corrected chi connectivity index (χ0v) is 13.1. The van der Waals surface area contributed by atoms with Crippen molar-refractivity contribution in [3.8, 4) is 11.4 Å². The molecular weight excluding hydrogens is 300 g/mol. The van der Waals surface area contributed by atoms with Crippen LogP contribution in [0.2, 0.25) is 0 Å². The van der Waals surface area contributed by atoms with Crippen molar-refractivity contribution in [1.29, 1.82) is 0 Å². The van der Waals surface area contributed by atoms with Crippen molar-refractivity contribution >= 4 is 17.7 Å². The Labute approximate surface area is 132 Å². The van der Waals surface area contributed by atoms with E-state index in [0.29, 0.717) is 22.2 Å². The number of amides is 1. The molecule has 1 fully saturated rings. The Morgan fingerprint density at radius 2 is 2.18 bits per heavy atom. The number of hydrogen-bond donors (Lipinski definition) is 2. The van der Waals surface area contributed by atoms with Gasteiger partial charge in [-0.1, -0.05) is 11.8 Å². The van der Waals surface area contributed by atoms with Crippen molar-refractivity contribution in [3.05, 3.63) is 24.0 Å². The number of carbonyl (C=O) groups excluding carboxylic acids is 1. The molecule has 1 aliphatic heterocycles. The van der Waals surface area contributed by atoms with E-state index in [1.54, 1.807) is 23.0 Å². The molecule has 1 aliphatic rings. The lowest BCUT2D eigenvalue weighted by Crippen LogP contribution is -2.32. The summed E-state index contributed by atoms with van der Waals surface area (Å²) in [5, 5.41) is 8.57. The largest absolute Gasteiger partial charge is 0.364 e. The SMILES string of the molecule is CSc1nccc(-c2cc(C(N)=O)n(C3CCNCC3)n2)n1. The van der Waals surface area contributed by atoms with Crippen molar-refractivity contribution in [2.75, 3.05) is 19.3 Å². The molecule has 2 aromatic heterocycles. The number of piperidine rings is 1. The number of primary amides is 1. The van der Waals surface area contributed by atoms with E-state index in [9.17, 15) is 4.79 Å². The first-order valence-corrected chi connectivity index (χ1v) is 8.39. The minimum Gasteiger partial charge on any atom is -0.364 e. The van der Waals surface area contributed by atoms with Gasteiger partial charge >= 0.3 is 0 Å². The van der Waals surface area contributed by atoms with Crippen LogP contribution >= 0.6 is 11.8 Å². The maximum Gasteiger partial charge on any atom is 0.267 e. The predicted octanol–water partition coefficient (Wildman–Crippen LogP) is 1.09. The molecule has 8 heteroatoms. The summed E-state index contributed by atoms with van der Waals surface area (Å²) in [7, 11) is 0. The summed E-state index contributed by atoms with van der Waals surface area (Å²) in [6.45, 7) is 1.84. The van der Waals surface area contributed by atoms with Gasteiger partial charge < -0.3 is 11.1 Å². The lowest BCUT2D eigenvalue weighted by molar-refractivity contribution is 0.0985. The molecule has 0 atom stereocenters. The highest BCUT2D eigenvalue weighted by Gasteiger charge is 2.23. The van der Waals surface area contributed by atoms with Crippen LogP contribution in [-0.2, 0) is 0 Å². The van der Waals surface area contributed by atoms with Crippen LogP contribution in [0.1, 0.15) is 29.4 Å². The monoisotopic (exact) mass is 318 g/mol. The summed E-state index contributed by atoms with van der Waals surface area (Å²) in [5.74, 6) is -0.462. The number of carbonyl (C=O) groups is 1. The fourth-order valence-electron chi connectivity index (χ4n) is 2.62. The van der Waals surface area contributed by atoms with Gasteiger partial charge in [-0.3, -0.25) is 9.48 Å². The van der Waals surface area contributed by atoms with Gasteiger partial charge in [0.25, 0.3) is 5.91 Å². The van der Waals surface area contributed by atoms with Crippen molar-refractivity contribution < 1.29 is 4.79 Å². The second kappa shape index (κ2) is 6.45. The number of nitrogens with zero attached hydrogens (tertiary/aromatic N) is 4. The van der Waals surface area contributed by atoms with Gasteiger partial charge in [0.2, 0.25) is 0 Å². The van der Waals surface area contributed by atoms with Crippen LogP contribution < -0.4 is 11.1 Å². The van der Waals surface area contributed by atoms with E-state index in [2.05, 4.69) is 20.4 Å². The minimum absolute atomic E-state index is 0.194. The van der Waals surface area contributed by atoms with E-state index in [-0.39, 0.29) is 6.04 Å². The Hall–Kier alpha value is -1.93. The summed E-state index contributed by atoms with van der Waals surface area (Å²) in [6, 6.07) is 3.70. The molecule has 0 radical (unpaired) electrons. The molecule has 0 spiro atoms. The number of nitrogens with one attached hydrogen (secondary N) is 1. The number of aromatic nitrogens is 4. The third-order valence-corrected chi connectivity index (χ3v) is 4.28. The Morgan fingerprint density at radius 3 is 2.86 bits per heavy atom. The summed E-state index contributed by atoms with van der Waals surface area (Å²) in [5.41, 5.74) is 7.31. The number of nitrogens with two attached hydrogens (primary N) is 1. The van der Waals surface area contributed by atoms with Gasteiger partial charge in [-0.05, 0) is 44.3 Å². The fourth-order valence-corrected chi connectivity index (χ4v) is 2.97. The maximum atomic E-state index is 11.7. The molecule has 0 aromatic carbocycles. The third-order valence-electron chi connectivity index (χ3n) is 3.72. The van der Waals surface area contributed by atoms with Crippen molar-refractivity contribution in [3.63, 3.8) is 0 Å². The van der Waals surface area contributed by atoms with Crippen LogP contribution in [0.25, 0.3) is 11.4 Å². The van der Waals surface area contributed by atoms with Gasteiger partial charge in [0.1, 0.15) is 11.4 Å². The van der Waals surface area contributed by atoms with E-state index in [1.807, 2.05) is 6.26 Å². The molecule has 116 valence electrons.